The molecular formula is C29H32F3N3O4Si. The number of hydrogen-bond acceptors (Lipinski definition) is 5. The van der Waals surface area contributed by atoms with Crippen LogP contribution in [0.15, 0.2) is 54.9 Å². The number of aliphatic carboxylic acids is 1. The van der Waals surface area contributed by atoms with Gasteiger partial charge in [0.05, 0.1) is 34.4 Å². The van der Waals surface area contributed by atoms with Crippen LogP contribution in [0.3, 0.4) is 0 Å². The van der Waals surface area contributed by atoms with Crippen molar-refractivity contribution in [3.63, 3.8) is 0 Å². The minimum Gasteiger partial charge on any atom is -0.497 e. The molecule has 1 aliphatic carbocycles. The summed E-state index contributed by atoms with van der Waals surface area (Å²) in [5.74, 6) is 1.06. The third-order valence-electron chi connectivity index (χ3n) is 7.37. The van der Waals surface area contributed by atoms with E-state index in [1.54, 1.807) is 13.2 Å². The smallest absolute Gasteiger partial charge is 0.408 e. The fourth-order valence-electron chi connectivity index (χ4n) is 5.19. The van der Waals surface area contributed by atoms with Gasteiger partial charge in [-0.05, 0) is 61.1 Å². The Hall–Kier alpha value is -3.60. The van der Waals surface area contributed by atoms with E-state index < -0.39 is 27.1 Å². The van der Waals surface area contributed by atoms with Crippen LogP contribution in [0, 0.1) is 5.92 Å². The van der Waals surface area contributed by atoms with Crippen LogP contribution < -0.4 is 19.6 Å². The van der Waals surface area contributed by atoms with Crippen LogP contribution in [-0.2, 0) is 11.3 Å². The molecule has 2 fully saturated rings. The van der Waals surface area contributed by atoms with Crippen LogP contribution in [0.5, 0.6) is 11.5 Å². The number of benzene rings is 2. The highest BCUT2D eigenvalue weighted by Gasteiger charge is 2.29. The molecule has 1 saturated heterocycles. The summed E-state index contributed by atoms with van der Waals surface area (Å²) in [6, 6.07) is 13.7. The minimum atomic E-state index is -4.34. The number of hydrogen-bond donors (Lipinski definition) is 1. The lowest BCUT2D eigenvalue weighted by Crippen LogP contribution is -2.36. The van der Waals surface area contributed by atoms with Crippen molar-refractivity contribution in [3.8, 4) is 22.6 Å². The number of piperidine rings is 1. The molecule has 1 N–H and O–H groups in total. The Kier molecular flexibility index (Phi) is 8.29. The zero-order valence-electron chi connectivity index (χ0n) is 22.3. The van der Waals surface area contributed by atoms with E-state index in [9.17, 15) is 23.1 Å². The lowest BCUT2D eigenvalue weighted by molar-refractivity contribution is -0.142. The van der Waals surface area contributed by atoms with Gasteiger partial charge in [0.2, 0.25) is 0 Å². The maximum Gasteiger partial charge on any atom is 0.408 e. The van der Waals surface area contributed by atoms with Crippen LogP contribution in [0.2, 0.25) is 6.04 Å². The van der Waals surface area contributed by atoms with E-state index in [-0.39, 0.29) is 6.04 Å². The highest BCUT2D eigenvalue weighted by atomic mass is 28.2. The number of carboxylic acid groups (broad SMARTS) is 1. The number of alkyl halides is 3. The average Bonchev–Trinajstić information content (AvgIpc) is 3.68. The SMILES string of the molecule is COc1ccc(-c2cnn(CC(F)(F)F)c2)c(N2CCC(COc3cccc([Si](CC(=O)O)=C4CC4)c3)CC2)c1. The van der Waals surface area contributed by atoms with E-state index in [0.29, 0.717) is 23.8 Å². The summed E-state index contributed by atoms with van der Waals surface area (Å²) >= 11 is 0. The largest absolute Gasteiger partial charge is 0.497 e. The van der Waals surface area contributed by atoms with E-state index in [1.165, 1.54) is 17.6 Å². The summed E-state index contributed by atoms with van der Waals surface area (Å²) < 4.78 is 51.1. The van der Waals surface area contributed by atoms with Crippen LogP contribution in [0.1, 0.15) is 25.7 Å². The van der Waals surface area contributed by atoms with E-state index in [2.05, 4.69) is 10.00 Å². The van der Waals surface area contributed by atoms with Gasteiger partial charge in [-0.3, -0.25) is 9.48 Å². The molecule has 40 heavy (non-hydrogen) atoms. The van der Waals surface area contributed by atoms with Gasteiger partial charge in [-0.25, -0.2) is 0 Å². The molecular weight excluding hydrogens is 539 g/mol. The minimum absolute atomic E-state index is 0.206. The number of carboxylic acids is 1. The molecule has 2 heterocycles. The summed E-state index contributed by atoms with van der Waals surface area (Å²) in [4.78, 5) is 13.6. The highest BCUT2D eigenvalue weighted by molar-refractivity contribution is 6.86. The van der Waals surface area contributed by atoms with Crippen molar-refractivity contribution in [2.24, 2.45) is 5.92 Å². The average molecular weight is 572 g/mol. The molecule has 11 heteroatoms. The van der Waals surface area contributed by atoms with Crippen molar-refractivity contribution >= 4 is 30.4 Å². The Morgan fingerprint density at radius 1 is 1.12 bits per heavy atom. The van der Waals surface area contributed by atoms with Crippen molar-refractivity contribution in [2.75, 3.05) is 31.7 Å². The number of carbonyl (C=O) groups is 1. The Labute approximate surface area is 232 Å². The Morgan fingerprint density at radius 2 is 1.90 bits per heavy atom. The predicted octanol–water partition coefficient (Wildman–Crippen LogP) is 4.75. The summed E-state index contributed by atoms with van der Waals surface area (Å²) in [6.07, 6.45) is 2.43. The summed E-state index contributed by atoms with van der Waals surface area (Å²) in [5, 5.41) is 15.7. The van der Waals surface area contributed by atoms with Crippen molar-refractivity contribution < 1.29 is 32.5 Å². The zero-order valence-corrected chi connectivity index (χ0v) is 23.3. The van der Waals surface area contributed by atoms with Crippen LogP contribution in [0.25, 0.3) is 11.1 Å². The van der Waals surface area contributed by atoms with Crippen LogP contribution in [0.4, 0.5) is 18.9 Å². The first-order valence-electron chi connectivity index (χ1n) is 13.4. The molecule has 212 valence electrons. The molecule has 0 radical (unpaired) electrons. The van der Waals surface area contributed by atoms with Gasteiger partial charge in [-0.2, -0.15) is 18.3 Å². The Balaban J connectivity index is 1.23. The first kappa shape index (κ1) is 27.9. The number of nitrogens with zero attached hydrogens (tertiary/aromatic N) is 3. The second-order valence-corrected chi connectivity index (χ2v) is 12.9. The molecule has 2 aromatic carbocycles. The Morgan fingerprint density at radius 3 is 2.58 bits per heavy atom. The number of methoxy groups -OCH3 is 1. The van der Waals surface area contributed by atoms with Gasteiger partial charge in [0, 0.05) is 42.2 Å². The number of anilines is 1. The monoisotopic (exact) mass is 571 g/mol. The molecule has 0 unspecified atom stereocenters. The molecule has 2 aliphatic rings. The maximum absolute atomic E-state index is 12.8. The second-order valence-electron chi connectivity index (χ2n) is 10.3. The number of aromatic nitrogens is 2. The van der Waals surface area contributed by atoms with Gasteiger partial charge < -0.3 is 19.5 Å². The summed E-state index contributed by atoms with van der Waals surface area (Å²) in [5.41, 5.74) is 2.34. The molecule has 0 amide bonds. The number of ether oxygens (including phenoxy) is 2. The standard InChI is InChI=1S/C29H32F3N3O4Si/c1-38-22-5-8-26(21-15-33-35(16-21)19-29(30,31)32)27(14-22)34-11-9-20(10-12-34)17-39-23-3-2-4-25(13-23)40(18-28(36)37)24-6-7-24/h2-5,8,13-16,20H,6-7,9-12,17-19H2,1H3,(H,36,37). The lowest BCUT2D eigenvalue weighted by atomic mass is 9.96. The molecule has 1 aliphatic heterocycles. The Bertz CT molecular complexity index is 1390. The maximum atomic E-state index is 12.8. The van der Waals surface area contributed by atoms with E-state index >= 15 is 0 Å². The summed E-state index contributed by atoms with van der Waals surface area (Å²) in [6.45, 7) is 0.988. The zero-order chi connectivity index (χ0) is 28.3. The number of rotatable bonds is 10. The van der Waals surface area contributed by atoms with Gasteiger partial charge in [0.1, 0.15) is 18.0 Å². The van der Waals surface area contributed by atoms with Crippen molar-refractivity contribution in [1.82, 2.24) is 9.78 Å². The van der Waals surface area contributed by atoms with Crippen molar-refractivity contribution in [1.29, 1.82) is 0 Å². The van der Waals surface area contributed by atoms with Crippen LogP contribution >= 0.6 is 0 Å². The van der Waals surface area contributed by atoms with E-state index in [4.69, 9.17) is 9.47 Å². The predicted molar refractivity (Wildman–Crippen MR) is 149 cm³/mol. The first-order chi connectivity index (χ1) is 19.2. The molecule has 1 saturated carbocycles. The van der Waals surface area contributed by atoms with E-state index in [1.807, 2.05) is 36.4 Å². The molecule has 0 atom stereocenters. The van der Waals surface area contributed by atoms with E-state index in [0.717, 1.165) is 65.6 Å². The molecule has 7 nitrogen and oxygen atoms in total. The van der Waals surface area contributed by atoms with Crippen molar-refractivity contribution in [2.45, 2.75) is 44.4 Å². The highest BCUT2D eigenvalue weighted by Crippen LogP contribution is 2.36. The van der Waals surface area contributed by atoms with Gasteiger partial charge in [-0.15, -0.1) is 0 Å². The first-order valence-corrected chi connectivity index (χ1v) is 15.1. The molecule has 0 bridgehead atoms. The van der Waals surface area contributed by atoms with Gasteiger partial charge in [0.15, 0.2) is 0 Å². The topological polar surface area (TPSA) is 76.8 Å². The molecule has 0 spiro atoms. The van der Waals surface area contributed by atoms with Gasteiger partial charge >= 0.3 is 12.1 Å². The molecule has 5 rings (SSSR count). The van der Waals surface area contributed by atoms with Gasteiger partial charge in [-0.1, -0.05) is 17.3 Å². The summed E-state index contributed by atoms with van der Waals surface area (Å²) in [7, 11) is 0.380. The number of halogens is 3. The quantitative estimate of drug-likeness (QED) is 0.354. The third kappa shape index (κ3) is 7.12. The van der Waals surface area contributed by atoms with Crippen LogP contribution in [-0.4, -0.2) is 67.4 Å². The molecule has 3 aromatic rings. The third-order valence-corrected chi connectivity index (χ3v) is 10.4. The van der Waals surface area contributed by atoms with Crippen molar-refractivity contribution in [3.05, 3.63) is 54.9 Å². The van der Waals surface area contributed by atoms with Gasteiger partial charge in [0.25, 0.3) is 0 Å². The lowest BCUT2D eigenvalue weighted by Gasteiger charge is -2.34. The fraction of sp³-hybridized carbons (Fsp3) is 0.414. The fourth-order valence-corrected chi connectivity index (χ4v) is 7.70. The molecule has 1 aromatic heterocycles. The normalized spacial score (nSPS) is 15.7. The second kappa shape index (κ2) is 11.9.